The minimum absolute atomic E-state index is 0.0270. The van der Waals surface area contributed by atoms with Crippen molar-refractivity contribution >= 4 is 32.6 Å². The maximum Gasteiger partial charge on any atom is 0.252 e. The van der Waals surface area contributed by atoms with Crippen molar-refractivity contribution in [2.24, 2.45) is 0 Å². The highest BCUT2D eigenvalue weighted by molar-refractivity contribution is 7.22. The fourth-order valence-electron chi connectivity index (χ4n) is 1.37. The van der Waals surface area contributed by atoms with Crippen LogP contribution in [-0.2, 0) is 9.53 Å². The highest BCUT2D eigenvalue weighted by Crippen LogP contribution is 2.28. The third-order valence-electron chi connectivity index (χ3n) is 2.12. The Bertz CT molecular complexity index is 538. The van der Waals surface area contributed by atoms with Gasteiger partial charge in [-0.2, -0.15) is 0 Å². The largest absolute Gasteiger partial charge is 0.497 e. The summed E-state index contributed by atoms with van der Waals surface area (Å²) >= 11 is 1.40. The number of anilines is 1. The van der Waals surface area contributed by atoms with Crippen LogP contribution in [-0.4, -0.2) is 31.7 Å². The number of carbonyl (C=O) groups is 1. The zero-order chi connectivity index (χ0) is 12.3. The molecule has 1 aromatic heterocycles. The van der Waals surface area contributed by atoms with Crippen molar-refractivity contribution in [2.45, 2.75) is 0 Å². The molecule has 1 amide bonds. The van der Waals surface area contributed by atoms with Crippen LogP contribution in [0.3, 0.4) is 0 Å². The van der Waals surface area contributed by atoms with E-state index in [-0.39, 0.29) is 12.5 Å². The van der Waals surface area contributed by atoms with Crippen molar-refractivity contribution in [1.29, 1.82) is 0 Å². The number of hydrogen-bond acceptors (Lipinski definition) is 5. The number of methoxy groups -OCH3 is 2. The Morgan fingerprint density at radius 1 is 1.47 bits per heavy atom. The monoisotopic (exact) mass is 252 g/mol. The summed E-state index contributed by atoms with van der Waals surface area (Å²) < 4.78 is 10.8. The van der Waals surface area contributed by atoms with Gasteiger partial charge in [-0.05, 0) is 18.2 Å². The first-order valence-corrected chi connectivity index (χ1v) is 5.78. The second kappa shape index (κ2) is 5.11. The highest BCUT2D eigenvalue weighted by Gasteiger charge is 2.07. The second-order valence-electron chi connectivity index (χ2n) is 3.33. The number of nitrogens with zero attached hydrogens (tertiary/aromatic N) is 1. The van der Waals surface area contributed by atoms with Gasteiger partial charge >= 0.3 is 0 Å². The molecule has 0 saturated carbocycles. The van der Waals surface area contributed by atoms with Gasteiger partial charge < -0.3 is 9.47 Å². The molecule has 0 unspecified atom stereocenters. The molecular formula is C11H12N2O3S. The van der Waals surface area contributed by atoms with Crippen LogP contribution in [0.1, 0.15) is 0 Å². The number of carbonyl (C=O) groups excluding carboxylic acids is 1. The van der Waals surface area contributed by atoms with Gasteiger partial charge in [-0.25, -0.2) is 4.98 Å². The van der Waals surface area contributed by atoms with Gasteiger partial charge in [-0.15, -0.1) is 0 Å². The minimum atomic E-state index is -0.210. The molecule has 0 atom stereocenters. The SMILES string of the molecule is COCC(=O)Nc1nc2ccc(OC)cc2s1. The van der Waals surface area contributed by atoms with Crippen LogP contribution < -0.4 is 10.1 Å². The molecule has 0 fully saturated rings. The fourth-order valence-corrected chi connectivity index (χ4v) is 2.28. The Labute approximate surface area is 102 Å². The molecule has 2 rings (SSSR count). The molecule has 0 aliphatic heterocycles. The van der Waals surface area contributed by atoms with Crippen molar-refractivity contribution in [3.05, 3.63) is 18.2 Å². The average molecular weight is 252 g/mol. The molecule has 0 saturated heterocycles. The lowest BCUT2D eigenvalue weighted by molar-refractivity contribution is -0.119. The lowest BCUT2D eigenvalue weighted by Gasteiger charge is -1.98. The number of benzene rings is 1. The molecule has 5 nitrogen and oxygen atoms in total. The van der Waals surface area contributed by atoms with Gasteiger partial charge in [0.15, 0.2) is 5.13 Å². The highest BCUT2D eigenvalue weighted by atomic mass is 32.1. The molecule has 0 spiro atoms. The molecule has 17 heavy (non-hydrogen) atoms. The quantitative estimate of drug-likeness (QED) is 0.902. The van der Waals surface area contributed by atoms with Crippen LogP contribution in [0.25, 0.3) is 10.2 Å². The standard InChI is InChI=1S/C11H12N2O3S/c1-15-6-10(14)13-11-12-8-4-3-7(16-2)5-9(8)17-11/h3-5H,6H2,1-2H3,(H,12,13,14). The van der Waals surface area contributed by atoms with Gasteiger partial charge in [0, 0.05) is 7.11 Å². The molecule has 1 N–H and O–H groups in total. The Hall–Kier alpha value is -1.66. The molecular weight excluding hydrogens is 240 g/mol. The van der Waals surface area contributed by atoms with Crippen LogP contribution in [0.2, 0.25) is 0 Å². The van der Waals surface area contributed by atoms with Crippen LogP contribution in [0.5, 0.6) is 5.75 Å². The van der Waals surface area contributed by atoms with Gasteiger partial charge in [0.2, 0.25) is 0 Å². The lowest BCUT2D eigenvalue weighted by atomic mass is 10.3. The second-order valence-corrected chi connectivity index (χ2v) is 4.36. The summed E-state index contributed by atoms with van der Waals surface area (Å²) in [5.41, 5.74) is 0.837. The number of nitrogens with one attached hydrogen (secondary N) is 1. The van der Waals surface area contributed by atoms with Gasteiger partial charge in [0.05, 0.1) is 17.3 Å². The van der Waals surface area contributed by atoms with Crippen LogP contribution >= 0.6 is 11.3 Å². The first kappa shape index (κ1) is 11.8. The molecule has 1 heterocycles. The summed E-state index contributed by atoms with van der Waals surface area (Å²) in [6.07, 6.45) is 0. The lowest BCUT2D eigenvalue weighted by Crippen LogP contribution is -2.16. The van der Waals surface area contributed by atoms with E-state index in [9.17, 15) is 4.79 Å². The molecule has 1 aromatic carbocycles. The molecule has 0 radical (unpaired) electrons. The normalized spacial score (nSPS) is 10.5. The molecule has 0 bridgehead atoms. The maximum absolute atomic E-state index is 11.3. The topological polar surface area (TPSA) is 60.5 Å². The van der Waals surface area contributed by atoms with Crippen LogP contribution in [0.15, 0.2) is 18.2 Å². The van der Waals surface area contributed by atoms with E-state index in [0.717, 1.165) is 16.0 Å². The van der Waals surface area contributed by atoms with E-state index in [1.165, 1.54) is 18.4 Å². The van der Waals surface area contributed by atoms with E-state index >= 15 is 0 Å². The summed E-state index contributed by atoms with van der Waals surface area (Å²) in [7, 11) is 3.09. The zero-order valence-corrected chi connectivity index (χ0v) is 10.3. The van der Waals surface area contributed by atoms with Gasteiger partial charge in [0.25, 0.3) is 5.91 Å². The Kier molecular flexibility index (Phi) is 3.55. The average Bonchev–Trinajstić information content (AvgIpc) is 2.69. The number of aromatic nitrogens is 1. The van der Waals surface area contributed by atoms with Crippen LogP contribution in [0.4, 0.5) is 5.13 Å². The molecule has 90 valence electrons. The Morgan fingerprint density at radius 3 is 3.00 bits per heavy atom. The van der Waals surface area contributed by atoms with E-state index in [1.54, 1.807) is 7.11 Å². The smallest absolute Gasteiger partial charge is 0.252 e. The summed E-state index contributed by atoms with van der Waals surface area (Å²) in [4.78, 5) is 15.6. The number of amides is 1. The molecule has 0 aliphatic carbocycles. The Morgan fingerprint density at radius 2 is 2.29 bits per heavy atom. The van der Waals surface area contributed by atoms with Crippen molar-refractivity contribution < 1.29 is 14.3 Å². The van der Waals surface area contributed by atoms with E-state index in [0.29, 0.717) is 5.13 Å². The summed E-state index contributed by atoms with van der Waals surface area (Å²) in [6, 6.07) is 5.58. The van der Waals surface area contributed by atoms with Crippen molar-refractivity contribution in [2.75, 3.05) is 26.1 Å². The molecule has 2 aromatic rings. The maximum atomic E-state index is 11.3. The van der Waals surface area contributed by atoms with Gasteiger partial charge in [-0.1, -0.05) is 11.3 Å². The predicted octanol–water partition coefficient (Wildman–Crippen LogP) is 1.89. The first-order valence-electron chi connectivity index (χ1n) is 4.96. The van der Waals surface area contributed by atoms with Crippen molar-refractivity contribution in [1.82, 2.24) is 4.98 Å². The summed E-state index contributed by atoms with van der Waals surface area (Å²) in [5, 5.41) is 3.24. The zero-order valence-electron chi connectivity index (χ0n) is 9.52. The van der Waals surface area contributed by atoms with Crippen molar-refractivity contribution in [3.63, 3.8) is 0 Å². The van der Waals surface area contributed by atoms with Crippen molar-refractivity contribution in [3.8, 4) is 5.75 Å². The van der Waals surface area contributed by atoms with E-state index in [2.05, 4.69) is 10.3 Å². The molecule has 0 aliphatic rings. The van der Waals surface area contributed by atoms with Gasteiger partial charge in [0.1, 0.15) is 12.4 Å². The third-order valence-corrected chi connectivity index (χ3v) is 3.05. The number of fused-ring (bicyclic) bond motifs is 1. The molecule has 6 heteroatoms. The number of rotatable bonds is 4. The minimum Gasteiger partial charge on any atom is -0.497 e. The number of hydrogen-bond donors (Lipinski definition) is 1. The van der Waals surface area contributed by atoms with E-state index in [4.69, 9.17) is 9.47 Å². The summed E-state index contributed by atoms with van der Waals surface area (Å²) in [6.45, 7) is 0.0270. The fraction of sp³-hybridized carbons (Fsp3) is 0.273. The predicted molar refractivity (Wildman–Crippen MR) is 66.7 cm³/mol. The number of ether oxygens (including phenoxy) is 2. The number of thiazole rings is 1. The van der Waals surface area contributed by atoms with Crippen LogP contribution in [0, 0.1) is 0 Å². The van der Waals surface area contributed by atoms with E-state index < -0.39 is 0 Å². The summed E-state index contributed by atoms with van der Waals surface area (Å²) in [5.74, 6) is 0.564. The first-order chi connectivity index (χ1) is 8.22. The van der Waals surface area contributed by atoms with E-state index in [1.807, 2.05) is 18.2 Å². The Balaban J connectivity index is 2.22. The van der Waals surface area contributed by atoms with Gasteiger partial charge in [-0.3, -0.25) is 10.1 Å². The third kappa shape index (κ3) is 2.72.